The summed E-state index contributed by atoms with van der Waals surface area (Å²) in [5.74, 6) is 0.428. The quantitative estimate of drug-likeness (QED) is 0.588. The van der Waals surface area contributed by atoms with Gasteiger partial charge < -0.3 is 5.73 Å². The summed E-state index contributed by atoms with van der Waals surface area (Å²) in [6, 6.07) is 7.77. The maximum atomic E-state index is 5.81. The Balaban J connectivity index is 2.63. The Hall–Kier alpha value is -2.17. The molecule has 2 aromatic heterocycles. The minimum Gasteiger partial charge on any atom is -0.382 e. The molecule has 0 aliphatic rings. The maximum absolute atomic E-state index is 5.81. The van der Waals surface area contributed by atoms with Crippen LogP contribution in [-0.4, -0.2) is 20.0 Å². The number of hydrogen-bond acceptors (Lipinski definition) is 4. The summed E-state index contributed by atoms with van der Waals surface area (Å²) in [5.41, 5.74) is 8.13. The van der Waals surface area contributed by atoms with Crippen molar-refractivity contribution in [3.8, 4) is 0 Å². The maximum Gasteiger partial charge on any atom is 0.155 e. The summed E-state index contributed by atoms with van der Waals surface area (Å²) in [4.78, 5) is 5.79. The number of fused-ring (bicyclic) bond motifs is 3. The van der Waals surface area contributed by atoms with E-state index < -0.39 is 0 Å². The first-order chi connectivity index (χ1) is 7.25. The lowest BCUT2D eigenvalue weighted by Gasteiger charge is -1.98. The molecular formula is C10H9N5. The minimum atomic E-state index is 0.428. The van der Waals surface area contributed by atoms with Crippen LogP contribution in [0, 0.1) is 0 Å². The van der Waals surface area contributed by atoms with Crippen LogP contribution in [0.25, 0.3) is 21.9 Å². The topological polar surface area (TPSA) is 69.6 Å². The van der Waals surface area contributed by atoms with Gasteiger partial charge in [-0.2, -0.15) is 9.90 Å². The molecule has 3 aromatic rings. The molecule has 0 spiro atoms. The van der Waals surface area contributed by atoms with Gasteiger partial charge in [-0.25, -0.2) is 4.98 Å². The first-order valence-corrected chi connectivity index (χ1v) is 4.61. The molecule has 2 heterocycles. The van der Waals surface area contributed by atoms with Gasteiger partial charge >= 0.3 is 0 Å². The molecule has 3 rings (SSSR count). The lowest BCUT2D eigenvalue weighted by molar-refractivity contribution is 0.665. The highest BCUT2D eigenvalue weighted by molar-refractivity contribution is 6.05. The molecule has 0 aliphatic heterocycles. The number of anilines is 1. The van der Waals surface area contributed by atoms with E-state index in [1.807, 2.05) is 24.3 Å². The molecule has 0 amide bonds. The summed E-state index contributed by atoms with van der Waals surface area (Å²) in [5, 5.41) is 9.45. The number of rotatable bonds is 0. The Morgan fingerprint density at radius 3 is 2.73 bits per heavy atom. The second kappa shape index (κ2) is 2.66. The van der Waals surface area contributed by atoms with Crippen molar-refractivity contribution in [2.75, 3.05) is 5.73 Å². The lowest BCUT2D eigenvalue weighted by atomic mass is 10.2. The fourth-order valence-corrected chi connectivity index (χ4v) is 1.71. The van der Waals surface area contributed by atoms with Crippen LogP contribution in [-0.2, 0) is 7.05 Å². The van der Waals surface area contributed by atoms with Gasteiger partial charge in [0.05, 0.1) is 5.52 Å². The zero-order valence-electron chi connectivity index (χ0n) is 8.18. The zero-order valence-corrected chi connectivity index (χ0v) is 8.18. The van der Waals surface area contributed by atoms with E-state index in [9.17, 15) is 0 Å². The van der Waals surface area contributed by atoms with E-state index in [1.54, 1.807) is 7.05 Å². The average Bonchev–Trinajstić information content (AvgIpc) is 2.61. The van der Waals surface area contributed by atoms with E-state index in [-0.39, 0.29) is 0 Å². The Bertz CT molecular complexity index is 655. The second-order valence-electron chi connectivity index (χ2n) is 3.40. The molecule has 0 atom stereocenters. The van der Waals surface area contributed by atoms with Crippen LogP contribution in [0.15, 0.2) is 24.3 Å². The molecule has 2 N–H and O–H groups in total. The highest BCUT2D eigenvalue weighted by atomic mass is 15.5. The van der Waals surface area contributed by atoms with Gasteiger partial charge in [-0.1, -0.05) is 18.2 Å². The third-order valence-corrected chi connectivity index (χ3v) is 2.36. The number of para-hydroxylation sites is 1. The van der Waals surface area contributed by atoms with Gasteiger partial charge in [0.2, 0.25) is 0 Å². The van der Waals surface area contributed by atoms with Crippen molar-refractivity contribution in [3.63, 3.8) is 0 Å². The summed E-state index contributed by atoms with van der Waals surface area (Å²) in [6.45, 7) is 0. The van der Waals surface area contributed by atoms with Crippen LogP contribution >= 0.6 is 0 Å². The summed E-state index contributed by atoms with van der Waals surface area (Å²) in [6.07, 6.45) is 0. The molecule has 0 saturated heterocycles. The summed E-state index contributed by atoms with van der Waals surface area (Å²) >= 11 is 0. The van der Waals surface area contributed by atoms with E-state index in [0.717, 1.165) is 16.4 Å². The molecule has 15 heavy (non-hydrogen) atoms. The number of pyridine rings is 1. The monoisotopic (exact) mass is 199 g/mol. The van der Waals surface area contributed by atoms with Crippen molar-refractivity contribution in [2.45, 2.75) is 0 Å². The zero-order chi connectivity index (χ0) is 10.4. The van der Waals surface area contributed by atoms with Gasteiger partial charge in [0.15, 0.2) is 11.3 Å². The first kappa shape index (κ1) is 8.16. The Labute approximate surface area is 85.5 Å². The van der Waals surface area contributed by atoms with Crippen LogP contribution in [0.4, 0.5) is 5.82 Å². The number of nitrogens with two attached hydrogens (primary N) is 1. The van der Waals surface area contributed by atoms with Gasteiger partial charge in [0.1, 0.15) is 5.52 Å². The Morgan fingerprint density at radius 1 is 1.13 bits per heavy atom. The van der Waals surface area contributed by atoms with Gasteiger partial charge in [-0.3, -0.25) is 0 Å². The van der Waals surface area contributed by atoms with Crippen LogP contribution in [0.3, 0.4) is 0 Å². The molecule has 5 heteroatoms. The molecule has 0 aliphatic carbocycles. The highest BCUT2D eigenvalue weighted by Crippen LogP contribution is 2.23. The third-order valence-electron chi connectivity index (χ3n) is 2.36. The van der Waals surface area contributed by atoms with Gasteiger partial charge in [-0.05, 0) is 6.07 Å². The SMILES string of the molecule is Cn1nc2c(N)nc3ccccc3c2n1. The van der Waals surface area contributed by atoms with E-state index in [2.05, 4.69) is 15.2 Å². The molecule has 0 saturated carbocycles. The molecule has 74 valence electrons. The predicted molar refractivity (Wildman–Crippen MR) is 58.2 cm³/mol. The van der Waals surface area contributed by atoms with Crippen molar-refractivity contribution in [3.05, 3.63) is 24.3 Å². The lowest BCUT2D eigenvalue weighted by Crippen LogP contribution is -1.93. The van der Waals surface area contributed by atoms with E-state index in [0.29, 0.717) is 11.3 Å². The smallest absolute Gasteiger partial charge is 0.155 e. The fraction of sp³-hybridized carbons (Fsp3) is 0.100. The van der Waals surface area contributed by atoms with E-state index >= 15 is 0 Å². The number of nitrogens with zero attached hydrogens (tertiary/aromatic N) is 4. The average molecular weight is 199 g/mol. The van der Waals surface area contributed by atoms with Crippen LogP contribution in [0.1, 0.15) is 0 Å². The Kier molecular flexibility index (Phi) is 1.45. The number of hydrogen-bond donors (Lipinski definition) is 1. The number of aromatic nitrogens is 4. The summed E-state index contributed by atoms with van der Waals surface area (Å²) in [7, 11) is 1.77. The molecule has 0 radical (unpaired) electrons. The predicted octanol–water partition coefficient (Wildman–Crippen LogP) is 1.10. The Morgan fingerprint density at radius 2 is 1.87 bits per heavy atom. The number of aryl methyl sites for hydroxylation is 1. The van der Waals surface area contributed by atoms with Crippen molar-refractivity contribution >= 4 is 27.8 Å². The van der Waals surface area contributed by atoms with Gasteiger partial charge in [0, 0.05) is 12.4 Å². The van der Waals surface area contributed by atoms with Crippen molar-refractivity contribution in [1.29, 1.82) is 0 Å². The third kappa shape index (κ3) is 1.06. The largest absolute Gasteiger partial charge is 0.382 e. The standard InChI is InChI=1S/C10H9N5/c1-15-13-8-6-4-2-3-5-7(6)12-10(11)9(8)14-15/h2-5H,1H3,(H2,11,12). The minimum absolute atomic E-state index is 0.428. The molecule has 0 fully saturated rings. The summed E-state index contributed by atoms with van der Waals surface area (Å²) < 4.78 is 0. The molecular weight excluding hydrogens is 190 g/mol. The van der Waals surface area contributed by atoms with Gasteiger partial charge in [-0.15, -0.1) is 5.10 Å². The van der Waals surface area contributed by atoms with Crippen LogP contribution < -0.4 is 5.73 Å². The van der Waals surface area contributed by atoms with Crippen LogP contribution in [0.2, 0.25) is 0 Å². The second-order valence-corrected chi connectivity index (χ2v) is 3.40. The van der Waals surface area contributed by atoms with Crippen molar-refractivity contribution in [2.24, 2.45) is 7.05 Å². The fourth-order valence-electron chi connectivity index (χ4n) is 1.71. The highest BCUT2D eigenvalue weighted by Gasteiger charge is 2.10. The first-order valence-electron chi connectivity index (χ1n) is 4.61. The molecule has 0 bridgehead atoms. The van der Waals surface area contributed by atoms with Gasteiger partial charge in [0.25, 0.3) is 0 Å². The van der Waals surface area contributed by atoms with E-state index in [4.69, 9.17) is 5.73 Å². The number of benzene rings is 1. The number of nitrogen functional groups attached to an aromatic ring is 1. The van der Waals surface area contributed by atoms with E-state index in [1.165, 1.54) is 4.80 Å². The normalized spacial score (nSPS) is 11.3. The van der Waals surface area contributed by atoms with Crippen molar-refractivity contribution < 1.29 is 0 Å². The molecule has 5 nitrogen and oxygen atoms in total. The molecule has 1 aromatic carbocycles. The molecule has 0 unspecified atom stereocenters. The van der Waals surface area contributed by atoms with Crippen LogP contribution in [0.5, 0.6) is 0 Å². The van der Waals surface area contributed by atoms with Crippen molar-refractivity contribution in [1.82, 2.24) is 20.0 Å².